The van der Waals surface area contributed by atoms with E-state index in [-0.39, 0.29) is 18.4 Å². The summed E-state index contributed by atoms with van der Waals surface area (Å²) in [7, 11) is 0. The van der Waals surface area contributed by atoms with Crippen molar-refractivity contribution >= 4 is 18.4 Å². The van der Waals surface area contributed by atoms with Crippen LogP contribution in [0.25, 0.3) is 0 Å². The summed E-state index contributed by atoms with van der Waals surface area (Å²) < 4.78 is 0. The summed E-state index contributed by atoms with van der Waals surface area (Å²) in [5, 5.41) is 8.94. The summed E-state index contributed by atoms with van der Waals surface area (Å²) >= 11 is 0. The minimum Gasteiger partial charge on any atom is -0.480 e. The minimum atomic E-state index is -0.627. The highest BCUT2D eigenvalue weighted by atomic mass is 35.5. The number of fused-ring (bicyclic) bond motifs is 4. The van der Waals surface area contributed by atoms with Gasteiger partial charge in [0.1, 0.15) is 6.04 Å². The number of halogens is 1. The molecule has 3 aliphatic heterocycles. The summed E-state index contributed by atoms with van der Waals surface area (Å²) in [5.74, 6) is 0.183. The molecule has 13 heavy (non-hydrogen) atoms. The number of rotatable bonds is 1. The molecule has 3 nitrogen and oxygen atoms in total. The van der Waals surface area contributed by atoms with Crippen LogP contribution in [0, 0.1) is 5.92 Å². The second-order valence-corrected chi connectivity index (χ2v) is 3.91. The summed E-state index contributed by atoms with van der Waals surface area (Å²) in [4.78, 5) is 13.0. The van der Waals surface area contributed by atoms with Crippen molar-refractivity contribution in [3.63, 3.8) is 0 Å². The van der Waals surface area contributed by atoms with Crippen molar-refractivity contribution < 1.29 is 9.90 Å². The molecular weight excluding hydrogens is 190 g/mol. The number of nitrogens with zero attached hydrogens (tertiary/aromatic N) is 1. The normalized spacial score (nSPS) is 37.7. The van der Waals surface area contributed by atoms with Crippen LogP contribution in [0.15, 0.2) is 0 Å². The van der Waals surface area contributed by atoms with Gasteiger partial charge < -0.3 is 5.11 Å². The zero-order valence-electron chi connectivity index (χ0n) is 7.61. The van der Waals surface area contributed by atoms with E-state index in [0.29, 0.717) is 0 Å². The number of hydrogen-bond donors (Lipinski definition) is 1. The molecule has 0 aromatic carbocycles. The average molecular weight is 206 g/mol. The number of carbonyl (C=O) groups is 1. The first kappa shape index (κ1) is 10.8. The molecule has 0 saturated carbocycles. The predicted molar refractivity (Wildman–Crippen MR) is 52.2 cm³/mol. The lowest BCUT2D eigenvalue weighted by Crippen LogP contribution is -2.42. The van der Waals surface area contributed by atoms with Gasteiger partial charge in [0, 0.05) is 0 Å². The van der Waals surface area contributed by atoms with E-state index < -0.39 is 5.97 Å². The van der Waals surface area contributed by atoms with Gasteiger partial charge in [0.2, 0.25) is 0 Å². The summed E-state index contributed by atoms with van der Waals surface area (Å²) in [5.41, 5.74) is 0. The molecule has 0 amide bonds. The van der Waals surface area contributed by atoms with Gasteiger partial charge in [-0.2, -0.15) is 0 Å². The van der Waals surface area contributed by atoms with Crippen molar-refractivity contribution in [1.29, 1.82) is 0 Å². The van der Waals surface area contributed by atoms with Crippen LogP contribution >= 0.6 is 12.4 Å². The average Bonchev–Trinajstić information content (AvgIpc) is 2.36. The fraction of sp³-hybridized carbons (Fsp3) is 0.889. The molecule has 3 rings (SSSR count). The van der Waals surface area contributed by atoms with E-state index >= 15 is 0 Å². The van der Waals surface area contributed by atoms with Gasteiger partial charge in [-0.05, 0) is 44.7 Å². The molecule has 0 spiro atoms. The van der Waals surface area contributed by atoms with Crippen molar-refractivity contribution in [2.24, 2.45) is 5.92 Å². The number of carboxylic acid groups (broad SMARTS) is 1. The first-order valence-corrected chi connectivity index (χ1v) is 4.74. The third kappa shape index (κ3) is 2.15. The number of carboxylic acids is 1. The molecular formula is C9H16ClNO2. The van der Waals surface area contributed by atoms with Gasteiger partial charge in [-0.15, -0.1) is 12.4 Å². The fourth-order valence-electron chi connectivity index (χ4n) is 2.41. The summed E-state index contributed by atoms with van der Waals surface area (Å²) in [6, 6.07) is -0.183. The van der Waals surface area contributed by atoms with Crippen LogP contribution in [-0.4, -0.2) is 35.1 Å². The lowest BCUT2D eigenvalue weighted by molar-refractivity contribution is -0.143. The Morgan fingerprint density at radius 3 is 2.31 bits per heavy atom. The third-order valence-electron chi connectivity index (χ3n) is 3.22. The molecule has 3 fully saturated rings. The Labute approximate surface area is 84.5 Å². The first-order chi connectivity index (χ1) is 5.77. The summed E-state index contributed by atoms with van der Waals surface area (Å²) in [6.45, 7) is 2.00. The Hall–Kier alpha value is -0.280. The molecule has 0 aliphatic carbocycles. The summed E-state index contributed by atoms with van der Waals surface area (Å²) in [6.07, 6.45) is 4.40. The van der Waals surface area contributed by atoms with Crippen molar-refractivity contribution in [3.8, 4) is 0 Å². The van der Waals surface area contributed by atoms with Crippen LogP contribution in [0.2, 0.25) is 0 Å². The van der Waals surface area contributed by atoms with Gasteiger partial charge in [-0.1, -0.05) is 0 Å². The van der Waals surface area contributed by atoms with Crippen molar-refractivity contribution in [1.82, 2.24) is 4.90 Å². The van der Waals surface area contributed by atoms with Crippen molar-refractivity contribution in [2.75, 3.05) is 13.1 Å². The highest BCUT2D eigenvalue weighted by Gasteiger charge is 2.33. The Morgan fingerprint density at radius 2 is 1.77 bits per heavy atom. The topological polar surface area (TPSA) is 40.5 Å². The smallest absolute Gasteiger partial charge is 0.320 e. The highest BCUT2D eigenvalue weighted by Crippen LogP contribution is 2.29. The molecule has 1 atom stereocenters. The first-order valence-electron chi connectivity index (χ1n) is 4.74. The van der Waals surface area contributed by atoms with E-state index in [1.807, 2.05) is 0 Å². The largest absolute Gasteiger partial charge is 0.480 e. The van der Waals surface area contributed by atoms with Crippen molar-refractivity contribution in [3.05, 3.63) is 0 Å². The SMILES string of the molecule is Cl.O=C(O)C1CCC2CCN1CC2. The Balaban J connectivity index is 0.000000845. The Bertz CT molecular complexity index is 190. The van der Waals surface area contributed by atoms with Crippen LogP contribution in [0.5, 0.6) is 0 Å². The zero-order chi connectivity index (χ0) is 8.55. The molecule has 76 valence electrons. The lowest BCUT2D eigenvalue weighted by Gasteiger charge is -2.29. The fourth-order valence-corrected chi connectivity index (χ4v) is 2.41. The van der Waals surface area contributed by atoms with E-state index in [1.165, 1.54) is 12.8 Å². The van der Waals surface area contributed by atoms with Gasteiger partial charge >= 0.3 is 5.97 Å². The van der Waals surface area contributed by atoms with E-state index in [9.17, 15) is 4.79 Å². The molecule has 2 bridgehead atoms. The predicted octanol–water partition coefficient (Wildman–Crippen LogP) is 1.37. The molecule has 0 aromatic heterocycles. The molecule has 0 radical (unpaired) electrons. The maximum absolute atomic E-state index is 10.9. The monoisotopic (exact) mass is 205 g/mol. The minimum absolute atomic E-state index is 0. The van der Waals surface area contributed by atoms with Gasteiger partial charge in [-0.3, -0.25) is 9.69 Å². The van der Waals surface area contributed by atoms with Gasteiger partial charge in [0.05, 0.1) is 0 Å². The van der Waals surface area contributed by atoms with Crippen LogP contribution < -0.4 is 0 Å². The lowest BCUT2D eigenvalue weighted by atomic mass is 9.95. The number of piperidine rings is 1. The van der Waals surface area contributed by atoms with E-state index in [0.717, 1.165) is 31.8 Å². The number of aliphatic carboxylic acids is 1. The molecule has 0 aromatic rings. The maximum Gasteiger partial charge on any atom is 0.320 e. The Kier molecular flexibility index (Phi) is 3.56. The second-order valence-electron chi connectivity index (χ2n) is 3.91. The Morgan fingerprint density at radius 1 is 1.15 bits per heavy atom. The van der Waals surface area contributed by atoms with Crippen molar-refractivity contribution in [2.45, 2.75) is 31.7 Å². The molecule has 3 aliphatic rings. The van der Waals surface area contributed by atoms with Gasteiger partial charge in [0.25, 0.3) is 0 Å². The van der Waals surface area contributed by atoms with Crippen LogP contribution in [0.3, 0.4) is 0 Å². The van der Waals surface area contributed by atoms with E-state index in [1.54, 1.807) is 0 Å². The highest BCUT2D eigenvalue weighted by molar-refractivity contribution is 5.85. The molecule has 3 saturated heterocycles. The van der Waals surface area contributed by atoms with Gasteiger partial charge in [-0.25, -0.2) is 0 Å². The van der Waals surface area contributed by atoms with Gasteiger partial charge in [0.15, 0.2) is 0 Å². The van der Waals surface area contributed by atoms with E-state index in [4.69, 9.17) is 5.11 Å². The molecule has 1 N–H and O–H groups in total. The molecule has 4 heteroatoms. The third-order valence-corrected chi connectivity index (χ3v) is 3.22. The van der Waals surface area contributed by atoms with Crippen LogP contribution in [0.1, 0.15) is 25.7 Å². The van der Waals surface area contributed by atoms with E-state index in [2.05, 4.69) is 4.90 Å². The van der Waals surface area contributed by atoms with Crippen LogP contribution in [-0.2, 0) is 4.79 Å². The second kappa shape index (κ2) is 4.29. The molecule has 1 unspecified atom stereocenters. The molecule has 3 heterocycles. The quantitative estimate of drug-likeness (QED) is 0.703. The maximum atomic E-state index is 10.9. The standard InChI is InChI=1S/C9H15NO2.ClH/c11-9(12)8-2-1-7-3-5-10(8)6-4-7;/h7-8H,1-6H2,(H,11,12);1H. The zero-order valence-corrected chi connectivity index (χ0v) is 8.42. The number of hydrogen-bond acceptors (Lipinski definition) is 2. The van der Waals surface area contributed by atoms with Crippen LogP contribution in [0.4, 0.5) is 0 Å².